The number of allylic oxidation sites excluding steroid dienone is 2. The van der Waals surface area contributed by atoms with Gasteiger partial charge in [-0.05, 0) is 61.0 Å². The summed E-state index contributed by atoms with van der Waals surface area (Å²) in [6.45, 7) is 3.99. The minimum Gasteiger partial charge on any atom is -0.496 e. The number of carbonyl (C=O) groups excluding carboxylic acids is 1. The van der Waals surface area contributed by atoms with E-state index in [1.54, 1.807) is 19.3 Å². The average Bonchev–Trinajstić information content (AvgIpc) is 2.71. The van der Waals surface area contributed by atoms with Crippen molar-refractivity contribution in [2.75, 3.05) is 7.11 Å². The molecule has 0 atom stereocenters. The summed E-state index contributed by atoms with van der Waals surface area (Å²) in [5.74, 6) is 0.748. The Morgan fingerprint density at radius 1 is 1.30 bits per heavy atom. The summed E-state index contributed by atoms with van der Waals surface area (Å²) < 4.78 is 10.3. The highest BCUT2D eigenvalue weighted by Gasteiger charge is 2.21. The molecular weight excluding hydrogens is 274 g/mol. The molecule has 1 fully saturated rings. The van der Waals surface area contributed by atoms with Crippen molar-refractivity contribution in [2.45, 2.75) is 13.8 Å². The van der Waals surface area contributed by atoms with Crippen LogP contribution in [-0.4, -0.2) is 18.2 Å². The lowest BCUT2D eigenvalue weighted by molar-refractivity contribution is -0.116. The Hall–Kier alpha value is -2.14. The molecule has 104 valence electrons. The molecule has 1 aliphatic rings. The van der Waals surface area contributed by atoms with E-state index < -0.39 is 0 Å². The van der Waals surface area contributed by atoms with E-state index in [4.69, 9.17) is 21.7 Å². The van der Waals surface area contributed by atoms with Crippen LogP contribution in [0.2, 0.25) is 0 Å². The second-order valence-corrected chi connectivity index (χ2v) is 4.78. The van der Waals surface area contributed by atoms with Crippen LogP contribution in [-0.2, 0) is 9.53 Å². The number of aryl methyl sites for hydroxylation is 2. The summed E-state index contributed by atoms with van der Waals surface area (Å²) in [5, 5.41) is 2.49. The normalized spacial score (nSPS) is 16.6. The molecule has 20 heavy (non-hydrogen) atoms. The molecular formula is C15H15NO3S. The first-order chi connectivity index (χ1) is 9.51. The van der Waals surface area contributed by atoms with Crippen LogP contribution in [0, 0.1) is 13.8 Å². The van der Waals surface area contributed by atoms with E-state index in [0.29, 0.717) is 0 Å². The van der Waals surface area contributed by atoms with Crippen molar-refractivity contribution in [1.29, 1.82) is 0 Å². The summed E-state index contributed by atoms with van der Waals surface area (Å²) in [4.78, 5) is 11.4. The lowest BCUT2D eigenvalue weighted by Gasteiger charge is -2.08. The van der Waals surface area contributed by atoms with Crippen LogP contribution in [0.1, 0.15) is 16.7 Å². The van der Waals surface area contributed by atoms with E-state index in [2.05, 4.69) is 5.32 Å². The second-order valence-electron chi connectivity index (χ2n) is 4.41. The van der Waals surface area contributed by atoms with Crippen molar-refractivity contribution in [1.82, 2.24) is 5.32 Å². The number of hydrogen-bond donors (Lipinski definition) is 1. The maximum atomic E-state index is 11.4. The van der Waals surface area contributed by atoms with E-state index in [9.17, 15) is 4.79 Å². The Morgan fingerprint density at radius 2 is 2.05 bits per heavy atom. The van der Waals surface area contributed by atoms with Gasteiger partial charge in [-0.1, -0.05) is 12.2 Å². The van der Waals surface area contributed by atoms with Gasteiger partial charge in [0.05, 0.1) is 7.11 Å². The third-order valence-electron chi connectivity index (χ3n) is 2.95. The molecule has 1 heterocycles. The monoisotopic (exact) mass is 289 g/mol. The van der Waals surface area contributed by atoms with Crippen molar-refractivity contribution >= 4 is 29.4 Å². The lowest BCUT2D eigenvalue weighted by Crippen LogP contribution is -2.18. The van der Waals surface area contributed by atoms with Crippen molar-refractivity contribution in [3.63, 3.8) is 0 Å². The zero-order valence-electron chi connectivity index (χ0n) is 11.5. The van der Waals surface area contributed by atoms with Crippen LogP contribution < -0.4 is 10.1 Å². The van der Waals surface area contributed by atoms with Crippen LogP contribution >= 0.6 is 12.2 Å². The minimum absolute atomic E-state index is 0.0890. The first-order valence-electron chi connectivity index (χ1n) is 6.08. The van der Waals surface area contributed by atoms with Crippen LogP contribution in [0.5, 0.6) is 5.75 Å². The molecule has 0 bridgehead atoms. The maximum absolute atomic E-state index is 11.4. The summed E-state index contributed by atoms with van der Waals surface area (Å²) in [5.41, 5.74) is 3.21. The molecule has 0 radical (unpaired) electrons. The van der Waals surface area contributed by atoms with E-state index in [1.807, 2.05) is 32.1 Å². The Bertz CT molecular complexity index is 632. The highest BCUT2D eigenvalue weighted by molar-refractivity contribution is 7.80. The fourth-order valence-electron chi connectivity index (χ4n) is 1.89. The number of methoxy groups -OCH3 is 1. The zero-order valence-corrected chi connectivity index (χ0v) is 12.3. The quantitative estimate of drug-likeness (QED) is 0.686. The van der Waals surface area contributed by atoms with Gasteiger partial charge in [-0.15, -0.1) is 0 Å². The lowest BCUT2D eigenvalue weighted by atomic mass is 10.0. The molecule has 0 aromatic heterocycles. The SMILES string of the molecule is COc1cc(C)c(C=CC=C2OC(=S)NC2=O)cc1C. The summed E-state index contributed by atoms with van der Waals surface area (Å²) >= 11 is 4.75. The van der Waals surface area contributed by atoms with Gasteiger partial charge in [-0.25, -0.2) is 0 Å². The van der Waals surface area contributed by atoms with Crippen LogP contribution in [0.15, 0.2) is 30.0 Å². The third-order valence-corrected chi connectivity index (χ3v) is 3.13. The number of rotatable bonds is 3. The molecule has 1 saturated heterocycles. The van der Waals surface area contributed by atoms with Crippen LogP contribution in [0.4, 0.5) is 0 Å². The van der Waals surface area contributed by atoms with Gasteiger partial charge in [0.25, 0.3) is 11.1 Å². The smallest absolute Gasteiger partial charge is 0.294 e. The zero-order chi connectivity index (χ0) is 14.7. The van der Waals surface area contributed by atoms with Gasteiger partial charge in [0.2, 0.25) is 0 Å². The number of benzene rings is 1. The molecule has 1 aromatic rings. The predicted octanol–water partition coefficient (Wildman–Crippen LogP) is 2.64. The van der Waals surface area contributed by atoms with Crippen molar-refractivity contribution in [3.05, 3.63) is 46.7 Å². The molecule has 5 heteroatoms. The minimum atomic E-state index is -0.317. The third kappa shape index (κ3) is 3.05. The highest BCUT2D eigenvalue weighted by atomic mass is 32.1. The molecule has 2 rings (SSSR count). The maximum Gasteiger partial charge on any atom is 0.294 e. The molecule has 1 N–H and O–H groups in total. The number of ether oxygens (including phenoxy) is 2. The molecule has 0 unspecified atom stereocenters. The average molecular weight is 289 g/mol. The topological polar surface area (TPSA) is 47.6 Å². The van der Waals surface area contributed by atoms with E-state index in [0.717, 1.165) is 22.4 Å². The van der Waals surface area contributed by atoms with Crippen molar-refractivity contribution in [3.8, 4) is 5.75 Å². The van der Waals surface area contributed by atoms with Gasteiger partial charge in [0.15, 0.2) is 5.76 Å². The number of amides is 1. The molecule has 0 spiro atoms. The standard InChI is InChI=1S/C15H15NO3S/c1-9-8-13(18-3)10(2)7-11(9)5-4-6-12-14(17)16-15(20)19-12/h4-8H,1-3H3,(H,16,17,20). The largest absolute Gasteiger partial charge is 0.496 e. The first-order valence-corrected chi connectivity index (χ1v) is 6.49. The van der Waals surface area contributed by atoms with Crippen LogP contribution in [0.3, 0.4) is 0 Å². The van der Waals surface area contributed by atoms with E-state index in [-0.39, 0.29) is 16.8 Å². The number of hydrogen-bond acceptors (Lipinski definition) is 4. The predicted molar refractivity (Wildman–Crippen MR) is 81.4 cm³/mol. The van der Waals surface area contributed by atoms with Gasteiger partial charge >= 0.3 is 0 Å². The molecule has 4 nitrogen and oxygen atoms in total. The van der Waals surface area contributed by atoms with Gasteiger partial charge in [-0.2, -0.15) is 0 Å². The van der Waals surface area contributed by atoms with E-state index >= 15 is 0 Å². The fraction of sp³-hybridized carbons (Fsp3) is 0.200. The summed E-state index contributed by atoms with van der Waals surface area (Å²) in [6.07, 6.45) is 5.26. The fourth-order valence-corrected chi connectivity index (χ4v) is 2.07. The molecule has 1 amide bonds. The summed E-state index contributed by atoms with van der Waals surface area (Å²) in [7, 11) is 1.65. The molecule has 0 aliphatic carbocycles. The van der Waals surface area contributed by atoms with Gasteiger partial charge in [0.1, 0.15) is 5.75 Å². The molecule has 1 aromatic carbocycles. The van der Waals surface area contributed by atoms with Gasteiger partial charge < -0.3 is 9.47 Å². The second kappa shape index (κ2) is 5.88. The molecule has 0 saturated carbocycles. The Morgan fingerprint density at radius 3 is 2.65 bits per heavy atom. The van der Waals surface area contributed by atoms with Crippen molar-refractivity contribution in [2.24, 2.45) is 0 Å². The van der Waals surface area contributed by atoms with Crippen LogP contribution in [0.25, 0.3) is 6.08 Å². The summed E-state index contributed by atoms with van der Waals surface area (Å²) in [6, 6.07) is 4.01. The Labute approximate surface area is 123 Å². The Balaban J connectivity index is 2.20. The van der Waals surface area contributed by atoms with Gasteiger partial charge in [0, 0.05) is 0 Å². The molecule has 1 aliphatic heterocycles. The van der Waals surface area contributed by atoms with E-state index in [1.165, 1.54) is 0 Å². The number of thiocarbonyl (C=S) groups is 1. The van der Waals surface area contributed by atoms with Gasteiger partial charge in [-0.3, -0.25) is 10.1 Å². The highest BCUT2D eigenvalue weighted by Crippen LogP contribution is 2.23. The Kier molecular flexibility index (Phi) is 4.20. The number of carbonyl (C=O) groups is 1. The van der Waals surface area contributed by atoms with Crippen molar-refractivity contribution < 1.29 is 14.3 Å². The first kappa shape index (κ1) is 14.3. The number of nitrogens with one attached hydrogen (secondary N) is 1.